The molecule has 3 N–H and O–H groups in total. The minimum atomic E-state index is -0.0437. The van der Waals surface area contributed by atoms with Crippen LogP contribution in [0.3, 0.4) is 0 Å². The number of methoxy groups -OCH3 is 1. The number of anilines is 2. The number of nitrogens with two attached hydrogens (primary N) is 1. The van der Waals surface area contributed by atoms with Gasteiger partial charge in [-0.25, -0.2) is 4.98 Å². The van der Waals surface area contributed by atoms with E-state index in [0.717, 1.165) is 16.9 Å². The number of hydrogen-bond acceptors (Lipinski definition) is 5. The Balaban J connectivity index is 1.97. The standard InChI is InChI=1S/C15H19N3O2S/c1-10(8-20-2)7-14(19)18-15-17-13(9-21-15)11-3-5-12(16)6-4-11/h3-6,9-10H,7-8,16H2,1-2H3,(H,17,18,19). The van der Waals surface area contributed by atoms with Crippen molar-refractivity contribution < 1.29 is 9.53 Å². The fourth-order valence-electron chi connectivity index (χ4n) is 1.95. The van der Waals surface area contributed by atoms with Gasteiger partial charge in [-0.05, 0) is 18.1 Å². The van der Waals surface area contributed by atoms with Gasteiger partial charge in [0.1, 0.15) is 0 Å². The SMILES string of the molecule is COCC(C)CC(=O)Nc1nc(-c2ccc(N)cc2)cs1. The van der Waals surface area contributed by atoms with Crippen LogP contribution in [0.1, 0.15) is 13.3 Å². The lowest BCUT2D eigenvalue weighted by molar-refractivity contribution is -0.117. The van der Waals surface area contributed by atoms with Crippen LogP contribution < -0.4 is 11.1 Å². The second-order valence-corrected chi connectivity index (χ2v) is 5.83. The number of nitrogen functional groups attached to an aromatic ring is 1. The number of benzene rings is 1. The van der Waals surface area contributed by atoms with Crippen molar-refractivity contribution in [1.29, 1.82) is 0 Å². The van der Waals surface area contributed by atoms with E-state index < -0.39 is 0 Å². The molecule has 1 heterocycles. The summed E-state index contributed by atoms with van der Waals surface area (Å²) >= 11 is 1.41. The third-order valence-corrected chi connectivity index (χ3v) is 3.70. The first-order valence-electron chi connectivity index (χ1n) is 6.68. The van der Waals surface area contributed by atoms with E-state index in [2.05, 4.69) is 10.3 Å². The molecule has 0 fully saturated rings. The summed E-state index contributed by atoms with van der Waals surface area (Å²) in [6.45, 7) is 2.55. The van der Waals surface area contributed by atoms with Crippen molar-refractivity contribution >= 4 is 28.1 Å². The summed E-state index contributed by atoms with van der Waals surface area (Å²) in [6, 6.07) is 7.49. The summed E-state index contributed by atoms with van der Waals surface area (Å²) in [4.78, 5) is 16.3. The van der Waals surface area contributed by atoms with Gasteiger partial charge in [-0.2, -0.15) is 0 Å². The van der Waals surface area contributed by atoms with E-state index in [4.69, 9.17) is 10.5 Å². The smallest absolute Gasteiger partial charge is 0.226 e. The first-order valence-corrected chi connectivity index (χ1v) is 7.56. The van der Waals surface area contributed by atoms with Crippen molar-refractivity contribution in [2.24, 2.45) is 5.92 Å². The molecular formula is C15H19N3O2S. The number of nitrogens with one attached hydrogen (secondary N) is 1. The largest absolute Gasteiger partial charge is 0.399 e. The molecule has 0 aliphatic heterocycles. The molecule has 1 unspecified atom stereocenters. The zero-order valence-corrected chi connectivity index (χ0v) is 12.9. The minimum absolute atomic E-state index is 0.0437. The maximum atomic E-state index is 11.9. The van der Waals surface area contributed by atoms with Crippen molar-refractivity contribution in [3.8, 4) is 11.3 Å². The molecule has 1 atom stereocenters. The lowest BCUT2D eigenvalue weighted by atomic mass is 10.1. The normalized spacial score (nSPS) is 12.1. The van der Waals surface area contributed by atoms with Gasteiger partial charge < -0.3 is 15.8 Å². The van der Waals surface area contributed by atoms with E-state index in [1.54, 1.807) is 7.11 Å². The van der Waals surface area contributed by atoms with Gasteiger partial charge in [0.2, 0.25) is 5.91 Å². The average Bonchev–Trinajstić information content (AvgIpc) is 2.88. The number of aromatic nitrogens is 1. The van der Waals surface area contributed by atoms with Crippen LogP contribution in [-0.2, 0) is 9.53 Å². The van der Waals surface area contributed by atoms with Gasteiger partial charge in [0, 0.05) is 36.8 Å². The van der Waals surface area contributed by atoms with E-state index in [1.807, 2.05) is 36.6 Å². The molecule has 0 aliphatic carbocycles. The molecule has 2 aromatic rings. The first-order chi connectivity index (χ1) is 10.1. The number of rotatable bonds is 6. The Morgan fingerprint density at radius 3 is 2.81 bits per heavy atom. The number of carbonyl (C=O) groups excluding carboxylic acids is 1. The summed E-state index contributed by atoms with van der Waals surface area (Å²) in [5.41, 5.74) is 8.19. The van der Waals surface area contributed by atoms with Crippen LogP contribution >= 0.6 is 11.3 Å². The van der Waals surface area contributed by atoms with Crippen LogP contribution in [0.5, 0.6) is 0 Å². The number of nitrogens with zero attached hydrogens (tertiary/aromatic N) is 1. The highest BCUT2D eigenvalue weighted by atomic mass is 32.1. The van der Waals surface area contributed by atoms with Gasteiger partial charge >= 0.3 is 0 Å². The molecular weight excluding hydrogens is 286 g/mol. The lowest BCUT2D eigenvalue weighted by Gasteiger charge is -2.08. The Bertz CT molecular complexity index is 595. The topological polar surface area (TPSA) is 77.2 Å². The number of ether oxygens (including phenoxy) is 1. The Morgan fingerprint density at radius 1 is 1.43 bits per heavy atom. The summed E-state index contributed by atoms with van der Waals surface area (Å²) in [5.74, 6) is 0.143. The monoisotopic (exact) mass is 305 g/mol. The Kier molecular flexibility index (Phi) is 5.30. The van der Waals surface area contributed by atoms with E-state index in [1.165, 1.54) is 11.3 Å². The minimum Gasteiger partial charge on any atom is -0.399 e. The predicted molar refractivity (Wildman–Crippen MR) is 86.2 cm³/mol. The molecule has 21 heavy (non-hydrogen) atoms. The molecule has 1 amide bonds. The maximum Gasteiger partial charge on any atom is 0.226 e. The number of thiazole rings is 1. The molecule has 0 spiro atoms. The predicted octanol–water partition coefficient (Wildman–Crippen LogP) is 3.00. The molecule has 1 aromatic heterocycles. The van der Waals surface area contributed by atoms with E-state index in [9.17, 15) is 4.79 Å². The summed E-state index contributed by atoms with van der Waals surface area (Å²) in [5, 5.41) is 5.35. The van der Waals surface area contributed by atoms with E-state index in [-0.39, 0.29) is 11.8 Å². The highest BCUT2D eigenvalue weighted by molar-refractivity contribution is 7.14. The molecule has 0 radical (unpaired) electrons. The van der Waals surface area contributed by atoms with Crippen molar-refractivity contribution in [1.82, 2.24) is 4.98 Å². The first kappa shape index (κ1) is 15.5. The number of amides is 1. The molecule has 5 nitrogen and oxygen atoms in total. The zero-order valence-electron chi connectivity index (χ0n) is 12.1. The fourth-order valence-corrected chi connectivity index (χ4v) is 2.68. The highest BCUT2D eigenvalue weighted by Crippen LogP contribution is 2.25. The van der Waals surface area contributed by atoms with Gasteiger partial charge in [-0.3, -0.25) is 4.79 Å². The lowest BCUT2D eigenvalue weighted by Crippen LogP contribution is -2.17. The molecule has 0 saturated heterocycles. The Labute approximate surface area is 128 Å². The van der Waals surface area contributed by atoms with Crippen LogP contribution in [-0.4, -0.2) is 24.6 Å². The highest BCUT2D eigenvalue weighted by Gasteiger charge is 2.11. The second kappa shape index (κ2) is 7.19. The number of carbonyl (C=O) groups is 1. The summed E-state index contributed by atoms with van der Waals surface area (Å²) in [7, 11) is 1.63. The third-order valence-electron chi connectivity index (χ3n) is 2.94. The van der Waals surface area contributed by atoms with Crippen molar-refractivity contribution in [2.75, 3.05) is 24.8 Å². The van der Waals surface area contributed by atoms with Gasteiger partial charge in [-0.15, -0.1) is 11.3 Å². The molecule has 0 aliphatic rings. The number of hydrogen-bond donors (Lipinski definition) is 2. The third kappa shape index (κ3) is 4.54. The summed E-state index contributed by atoms with van der Waals surface area (Å²) < 4.78 is 5.02. The van der Waals surface area contributed by atoms with Gasteiger partial charge in [0.05, 0.1) is 5.69 Å². The van der Waals surface area contributed by atoms with Crippen LogP contribution in [0.2, 0.25) is 0 Å². The van der Waals surface area contributed by atoms with Crippen LogP contribution in [0, 0.1) is 5.92 Å². The molecule has 1 aromatic carbocycles. The van der Waals surface area contributed by atoms with Gasteiger partial charge in [0.25, 0.3) is 0 Å². The molecule has 2 rings (SSSR count). The van der Waals surface area contributed by atoms with Crippen LogP contribution in [0.4, 0.5) is 10.8 Å². The van der Waals surface area contributed by atoms with E-state index in [0.29, 0.717) is 18.2 Å². The van der Waals surface area contributed by atoms with Gasteiger partial charge in [0.15, 0.2) is 5.13 Å². The molecule has 112 valence electrons. The van der Waals surface area contributed by atoms with E-state index >= 15 is 0 Å². The van der Waals surface area contributed by atoms with Crippen LogP contribution in [0.15, 0.2) is 29.6 Å². The van der Waals surface area contributed by atoms with Crippen molar-refractivity contribution in [3.05, 3.63) is 29.6 Å². The zero-order chi connectivity index (χ0) is 15.2. The quantitative estimate of drug-likeness (QED) is 0.804. The summed E-state index contributed by atoms with van der Waals surface area (Å²) in [6.07, 6.45) is 0.421. The van der Waals surface area contributed by atoms with Gasteiger partial charge in [-0.1, -0.05) is 19.1 Å². The Hall–Kier alpha value is -1.92. The van der Waals surface area contributed by atoms with Crippen molar-refractivity contribution in [3.63, 3.8) is 0 Å². The molecule has 6 heteroatoms. The van der Waals surface area contributed by atoms with Crippen LogP contribution in [0.25, 0.3) is 11.3 Å². The second-order valence-electron chi connectivity index (χ2n) is 4.97. The average molecular weight is 305 g/mol. The Morgan fingerprint density at radius 2 is 2.14 bits per heavy atom. The molecule has 0 bridgehead atoms. The maximum absolute atomic E-state index is 11.9. The van der Waals surface area contributed by atoms with Crippen molar-refractivity contribution in [2.45, 2.75) is 13.3 Å². The fraction of sp³-hybridized carbons (Fsp3) is 0.333. The molecule has 0 saturated carbocycles.